The molecule has 0 aromatic heterocycles. The minimum Gasteiger partial charge on any atom is -0.481 e. The molecule has 1 rings (SSSR count). The van der Waals surface area contributed by atoms with Crippen LogP contribution in [0, 0.1) is 5.92 Å². The molecule has 6 heteroatoms. The summed E-state index contributed by atoms with van der Waals surface area (Å²) in [5.74, 6) is -0.169. The van der Waals surface area contributed by atoms with Crippen LogP contribution in [0.5, 0.6) is 0 Å². The number of amides is 2. The number of aliphatic carboxylic acids is 1. The Balaban J connectivity index is 2.20. The van der Waals surface area contributed by atoms with Gasteiger partial charge in [0, 0.05) is 26.2 Å². The Kier molecular flexibility index (Phi) is 7.36. The van der Waals surface area contributed by atoms with E-state index >= 15 is 0 Å². The normalized spacial score (nSPS) is 15.7. The summed E-state index contributed by atoms with van der Waals surface area (Å²) in [4.78, 5) is 24.2. The number of carbonyl (C=O) groups is 2. The van der Waals surface area contributed by atoms with Gasteiger partial charge in [0.15, 0.2) is 0 Å². The van der Waals surface area contributed by atoms with Gasteiger partial charge in [0.05, 0.1) is 13.0 Å². The Hall–Kier alpha value is -1.30. The van der Waals surface area contributed by atoms with Gasteiger partial charge in [-0.15, -0.1) is 0 Å². The Morgan fingerprint density at radius 1 is 1.45 bits per heavy atom. The molecule has 20 heavy (non-hydrogen) atoms. The van der Waals surface area contributed by atoms with Crippen molar-refractivity contribution in [3.05, 3.63) is 0 Å². The van der Waals surface area contributed by atoms with Gasteiger partial charge in [-0.25, -0.2) is 4.79 Å². The number of carbonyl (C=O) groups excluding carboxylic acids is 1. The van der Waals surface area contributed by atoms with Crippen LogP contribution in [-0.2, 0) is 9.53 Å². The summed E-state index contributed by atoms with van der Waals surface area (Å²) in [5, 5.41) is 11.6. The predicted molar refractivity (Wildman–Crippen MR) is 75.7 cm³/mol. The van der Waals surface area contributed by atoms with Crippen molar-refractivity contribution in [2.75, 3.05) is 26.8 Å². The summed E-state index contributed by atoms with van der Waals surface area (Å²) < 4.78 is 5.48. The van der Waals surface area contributed by atoms with Gasteiger partial charge in [-0.1, -0.05) is 13.3 Å². The van der Waals surface area contributed by atoms with Gasteiger partial charge >= 0.3 is 12.0 Å². The van der Waals surface area contributed by atoms with Crippen molar-refractivity contribution < 1.29 is 19.4 Å². The Morgan fingerprint density at radius 3 is 2.70 bits per heavy atom. The zero-order valence-corrected chi connectivity index (χ0v) is 12.4. The summed E-state index contributed by atoms with van der Waals surface area (Å²) in [7, 11) is 1.69. The van der Waals surface area contributed by atoms with Crippen LogP contribution in [0.3, 0.4) is 0 Å². The minimum atomic E-state index is -0.890. The van der Waals surface area contributed by atoms with Crippen LogP contribution in [-0.4, -0.2) is 54.9 Å². The predicted octanol–water partition coefficient (Wildman–Crippen LogP) is 1.70. The van der Waals surface area contributed by atoms with Gasteiger partial charge in [0.1, 0.15) is 0 Å². The molecule has 1 saturated carbocycles. The van der Waals surface area contributed by atoms with E-state index in [1.165, 1.54) is 17.7 Å². The number of rotatable bonds is 10. The first kappa shape index (κ1) is 16.8. The van der Waals surface area contributed by atoms with Crippen molar-refractivity contribution in [1.29, 1.82) is 0 Å². The largest absolute Gasteiger partial charge is 0.481 e. The van der Waals surface area contributed by atoms with Crippen molar-refractivity contribution in [1.82, 2.24) is 10.2 Å². The first-order valence-electron chi connectivity index (χ1n) is 7.34. The molecule has 2 amide bonds. The maximum absolute atomic E-state index is 11.9. The fourth-order valence-electron chi connectivity index (χ4n) is 1.91. The lowest BCUT2D eigenvalue weighted by molar-refractivity contribution is -0.137. The molecule has 0 aromatic rings. The van der Waals surface area contributed by atoms with Crippen LogP contribution in [0.15, 0.2) is 0 Å². The molecule has 1 unspecified atom stereocenters. The van der Waals surface area contributed by atoms with Crippen LogP contribution >= 0.6 is 0 Å². The van der Waals surface area contributed by atoms with E-state index in [2.05, 4.69) is 5.32 Å². The van der Waals surface area contributed by atoms with E-state index in [4.69, 9.17) is 9.84 Å². The average molecular weight is 286 g/mol. The summed E-state index contributed by atoms with van der Waals surface area (Å²) in [5.41, 5.74) is 0. The SMILES string of the molecule is CCCC(CC(=O)O)NC(=O)N(C)CCOCC1CC1. The maximum atomic E-state index is 11.9. The van der Waals surface area contributed by atoms with Gasteiger partial charge in [-0.05, 0) is 25.2 Å². The van der Waals surface area contributed by atoms with E-state index < -0.39 is 5.97 Å². The van der Waals surface area contributed by atoms with Crippen LogP contribution < -0.4 is 5.32 Å². The number of hydrogen-bond donors (Lipinski definition) is 2. The molecule has 0 heterocycles. The molecule has 1 fully saturated rings. The average Bonchev–Trinajstić information content (AvgIpc) is 3.17. The molecule has 1 atom stereocenters. The van der Waals surface area contributed by atoms with Gasteiger partial charge < -0.3 is 20.1 Å². The van der Waals surface area contributed by atoms with Crippen LogP contribution in [0.2, 0.25) is 0 Å². The second-order valence-electron chi connectivity index (χ2n) is 5.47. The molecular formula is C14H26N2O4. The quantitative estimate of drug-likeness (QED) is 0.599. The topological polar surface area (TPSA) is 78.9 Å². The van der Waals surface area contributed by atoms with E-state index in [0.29, 0.717) is 19.6 Å². The number of hydrogen-bond acceptors (Lipinski definition) is 3. The number of nitrogens with zero attached hydrogens (tertiary/aromatic N) is 1. The molecular weight excluding hydrogens is 260 g/mol. The van der Waals surface area contributed by atoms with Gasteiger partial charge in [-0.3, -0.25) is 4.79 Å². The molecule has 0 aromatic carbocycles. The van der Waals surface area contributed by atoms with Crippen LogP contribution in [0.25, 0.3) is 0 Å². The second-order valence-corrected chi connectivity index (χ2v) is 5.47. The molecule has 0 aliphatic heterocycles. The summed E-state index contributed by atoms with van der Waals surface area (Å²) in [6, 6.07) is -0.542. The standard InChI is InChI=1S/C14H26N2O4/c1-3-4-12(9-13(17)18)15-14(19)16(2)7-8-20-10-11-5-6-11/h11-12H,3-10H2,1-2H3,(H,15,19)(H,17,18). The summed E-state index contributed by atoms with van der Waals surface area (Å²) in [6.07, 6.45) is 3.98. The number of carboxylic acids is 1. The number of ether oxygens (including phenoxy) is 1. The van der Waals surface area contributed by atoms with Gasteiger partial charge in [0.2, 0.25) is 0 Å². The molecule has 0 bridgehead atoms. The van der Waals surface area contributed by atoms with Crippen molar-refractivity contribution in [3.63, 3.8) is 0 Å². The minimum absolute atomic E-state index is 0.0361. The lowest BCUT2D eigenvalue weighted by Crippen LogP contribution is -2.44. The number of likely N-dealkylation sites (N-methyl/N-ethyl adjacent to an activating group) is 1. The zero-order valence-electron chi connectivity index (χ0n) is 12.4. The van der Waals surface area contributed by atoms with E-state index in [-0.39, 0.29) is 18.5 Å². The molecule has 1 aliphatic rings. The highest BCUT2D eigenvalue weighted by Crippen LogP contribution is 2.28. The van der Waals surface area contributed by atoms with E-state index in [1.807, 2.05) is 6.92 Å². The number of nitrogens with one attached hydrogen (secondary N) is 1. The molecule has 0 saturated heterocycles. The third-order valence-electron chi connectivity index (χ3n) is 3.35. The smallest absolute Gasteiger partial charge is 0.317 e. The second kappa shape index (κ2) is 8.79. The Morgan fingerprint density at radius 2 is 2.15 bits per heavy atom. The Labute approximate surface area is 120 Å². The van der Waals surface area contributed by atoms with Crippen molar-refractivity contribution in [2.24, 2.45) is 5.92 Å². The molecule has 2 N–H and O–H groups in total. The van der Waals surface area contributed by atoms with E-state index in [0.717, 1.165) is 18.9 Å². The van der Waals surface area contributed by atoms with Crippen molar-refractivity contribution in [3.8, 4) is 0 Å². The van der Waals surface area contributed by atoms with Crippen LogP contribution in [0.4, 0.5) is 4.79 Å². The fraction of sp³-hybridized carbons (Fsp3) is 0.857. The van der Waals surface area contributed by atoms with E-state index in [9.17, 15) is 9.59 Å². The van der Waals surface area contributed by atoms with Gasteiger partial charge in [-0.2, -0.15) is 0 Å². The summed E-state index contributed by atoms with van der Waals surface area (Å²) >= 11 is 0. The van der Waals surface area contributed by atoms with Gasteiger partial charge in [0.25, 0.3) is 0 Å². The lowest BCUT2D eigenvalue weighted by Gasteiger charge is -2.22. The maximum Gasteiger partial charge on any atom is 0.317 e. The first-order chi connectivity index (χ1) is 9.52. The van der Waals surface area contributed by atoms with Crippen molar-refractivity contribution in [2.45, 2.75) is 45.1 Å². The molecule has 0 radical (unpaired) electrons. The molecule has 0 spiro atoms. The fourth-order valence-corrected chi connectivity index (χ4v) is 1.91. The highest BCUT2D eigenvalue weighted by molar-refractivity contribution is 5.75. The lowest BCUT2D eigenvalue weighted by atomic mass is 10.1. The third-order valence-corrected chi connectivity index (χ3v) is 3.35. The highest BCUT2D eigenvalue weighted by atomic mass is 16.5. The highest BCUT2D eigenvalue weighted by Gasteiger charge is 2.21. The van der Waals surface area contributed by atoms with E-state index in [1.54, 1.807) is 7.05 Å². The number of carboxylic acid groups (broad SMARTS) is 1. The first-order valence-corrected chi connectivity index (χ1v) is 7.34. The number of urea groups is 1. The molecule has 6 nitrogen and oxygen atoms in total. The third kappa shape index (κ3) is 7.33. The van der Waals surface area contributed by atoms with Crippen LogP contribution in [0.1, 0.15) is 39.0 Å². The monoisotopic (exact) mass is 286 g/mol. The van der Waals surface area contributed by atoms with Crippen molar-refractivity contribution >= 4 is 12.0 Å². The Bertz CT molecular complexity index is 318. The zero-order chi connectivity index (χ0) is 15.0. The summed E-state index contributed by atoms with van der Waals surface area (Å²) in [6.45, 7) is 3.80. The molecule has 1 aliphatic carbocycles. The molecule has 116 valence electrons.